The van der Waals surface area contributed by atoms with Crippen LogP contribution in [0.3, 0.4) is 0 Å². The quantitative estimate of drug-likeness (QED) is 0.708. The number of carbonyl (C=O) groups is 1. The highest BCUT2D eigenvalue weighted by molar-refractivity contribution is 7.88. The van der Waals surface area contributed by atoms with Crippen LogP contribution in [-0.2, 0) is 27.8 Å². The second-order valence-electron chi connectivity index (χ2n) is 6.16. The van der Waals surface area contributed by atoms with Crippen molar-refractivity contribution in [2.45, 2.75) is 19.4 Å². The highest BCUT2D eigenvalue weighted by Crippen LogP contribution is 2.13. The predicted octanol–water partition coefficient (Wildman–Crippen LogP) is 2.48. The van der Waals surface area contributed by atoms with Crippen LogP contribution in [0.1, 0.15) is 17.5 Å². The number of carbonyl (C=O) groups excluding carboxylic acids is 1. The third kappa shape index (κ3) is 7.07. The van der Waals surface area contributed by atoms with Crippen LogP contribution in [0, 0.1) is 11.6 Å². The van der Waals surface area contributed by atoms with Gasteiger partial charge in [-0.05, 0) is 30.2 Å². The summed E-state index contributed by atoms with van der Waals surface area (Å²) in [6, 6.07) is 11.9. The summed E-state index contributed by atoms with van der Waals surface area (Å²) >= 11 is 0. The molecule has 0 aliphatic heterocycles. The van der Waals surface area contributed by atoms with Crippen molar-refractivity contribution in [3.05, 3.63) is 71.3 Å². The second-order valence-corrected chi connectivity index (χ2v) is 8.15. The Balaban J connectivity index is 1.84. The number of nitrogens with zero attached hydrogens (tertiary/aromatic N) is 1. The summed E-state index contributed by atoms with van der Waals surface area (Å²) in [6.07, 6.45) is 1.53. The van der Waals surface area contributed by atoms with Gasteiger partial charge in [-0.1, -0.05) is 30.3 Å². The minimum atomic E-state index is -3.59. The van der Waals surface area contributed by atoms with Crippen molar-refractivity contribution in [3.63, 3.8) is 0 Å². The van der Waals surface area contributed by atoms with Crippen LogP contribution < -0.4 is 5.32 Å². The molecule has 0 bridgehead atoms. The van der Waals surface area contributed by atoms with Crippen molar-refractivity contribution in [3.8, 4) is 0 Å². The Bertz CT molecular complexity index is 871. The second kappa shape index (κ2) is 9.57. The van der Waals surface area contributed by atoms with Crippen LogP contribution in [0.15, 0.2) is 48.5 Å². The van der Waals surface area contributed by atoms with Gasteiger partial charge in [-0.2, -0.15) is 4.31 Å². The molecule has 0 aliphatic carbocycles. The Labute approximate surface area is 158 Å². The van der Waals surface area contributed by atoms with Crippen molar-refractivity contribution in [1.82, 2.24) is 9.62 Å². The molecule has 1 N–H and O–H groups in total. The highest BCUT2D eigenvalue weighted by atomic mass is 32.2. The van der Waals surface area contributed by atoms with E-state index in [0.717, 1.165) is 16.1 Å². The first-order valence-electron chi connectivity index (χ1n) is 8.45. The first-order chi connectivity index (χ1) is 12.8. The Morgan fingerprint density at radius 3 is 2.37 bits per heavy atom. The van der Waals surface area contributed by atoms with Crippen molar-refractivity contribution in [1.29, 1.82) is 0 Å². The molecule has 0 aliphatic rings. The van der Waals surface area contributed by atoms with Crippen LogP contribution in [0.25, 0.3) is 0 Å². The summed E-state index contributed by atoms with van der Waals surface area (Å²) in [7, 11) is -3.59. The SMILES string of the molecule is CS(=O)(=O)N(CCC(=O)NCCc1ccc(F)cc1)Cc1ccccc1F. The maximum Gasteiger partial charge on any atom is 0.221 e. The number of benzene rings is 2. The Morgan fingerprint density at radius 2 is 1.74 bits per heavy atom. The number of hydrogen-bond acceptors (Lipinski definition) is 3. The molecule has 2 aromatic carbocycles. The minimum absolute atomic E-state index is 0.0368. The number of amides is 1. The topological polar surface area (TPSA) is 66.5 Å². The molecule has 8 heteroatoms. The maximum absolute atomic E-state index is 13.8. The van der Waals surface area contributed by atoms with E-state index < -0.39 is 15.8 Å². The van der Waals surface area contributed by atoms with E-state index in [1.807, 2.05) is 0 Å². The monoisotopic (exact) mass is 396 g/mol. The lowest BCUT2D eigenvalue weighted by atomic mass is 10.1. The van der Waals surface area contributed by atoms with Gasteiger partial charge in [0.2, 0.25) is 15.9 Å². The van der Waals surface area contributed by atoms with E-state index in [-0.39, 0.29) is 36.8 Å². The van der Waals surface area contributed by atoms with E-state index in [4.69, 9.17) is 0 Å². The zero-order valence-corrected chi connectivity index (χ0v) is 15.8. The minimum Gasteiger partial charge on any atom is -0.356 e. The van der Waals surface area contributed by atoms with Gasteiger partial charge in [0.05, 0.1) is 6.26 Å². The molecular formula is C19H22F2N2O3S. The van der Waals surface area contributed by atoms with Crippen molar-refractivity contribution >= 4 is 15.9 Å². The summed E-state index contributed by atoms with van der Waals surface area (Å²) in [5.41, 5.74) is 1.13. The molecule has 0 aromatic heterocycles. The number of hydrogen-bond donors (Lipinski definition) is 1. The fourth-order valence-electron chi connectivity index (χ4n) is 2.49. The molecule has 146 valence electrons. The highest BCUT2D eigenvalue weighted by Gasteiger charge is 2.19. The van der Waals surface area contributed by atoms with E-state index in [2.05, 4.69) is 5.32 Å². The van der Waals surface area contributed by atoms with Gasteiger partial charge in [0, 0.05) is 31.6 Å². The van der Waals surface area contributed by atoms with Gasteiger partial charge in [0.15, 0.2) is 0 Å². The third-order valence-corrected chi connectivity index (χ3v) is 5.26. The summed E-state index contributed by atoms with van der Waals surface area (Å²) in [4.78, 5) is 12.0. The average molecular weight is 396 g/mol. The zero-order valence-electron chi connectivity index (χ0n) is 15.0. The van der Waals surface area contributed by atoms with Gasteiger partial charge in [0.1, 0.15) is 11.6 Å². The van der Waals surface area contributed by atoms with E-state index in [9.17, 15) is 22.0 Å². The smallest absolute Gasteiger partial charge is 0.221 e. The number of nitrogens with one attached hydrogen (secondary N) is 1. The Morgan fingerprint density at radius 1 is 1.07 bits per heavy atom. The van der Waals surface area contributed by atoms with Gasteiger partial charge in [0.25, 0.3) is 0 Å². The molecule has 2 aromatic rings. The van der Waals surface area contributed by atoms with Gasteiger partial charge in [-0.3, -0.25) is 4.79 Å². The molecule has 1 amide bonds. The standard InChI is InChI=1S/C19H22F2N2O3S/c1-27(25,26)23(14-16-4-2-3-5-18(16)21)13-11-19(24)22-12-10-15-6-8-17(20)9-7-15/h2-9H,10-14H2,1H3,(H,22,24). The van der Waals surface area contributed by atoms with Gasteiger partial charge >= 0.3 is 0 Å². The molecule has 27 heavy (non-hydrogen) atoms. The third-order valence-electron chi connectivity index (χ3n) is 4.01. The lowest BCUT2D eigenvalue weighted by Crippen LogP contribution is -2.35. The lowest BCUT2D eigenvalue weighted by molar-refractivity contribution is -0.121. The molecule has 0 atom stereocenters. The number of sulfonamides is 1. The lowest BCUT2D eigenvalue weighted by Gasteiger charge is -2.20. The van der Waals surface area contributed by atoms with E-state index >= 15 is 0 Å². The van der Waals surface area contributed by atoms with Crippen molar-refractivity contribution in [2.24, 2.45) is 0 Å². The van der Waals surface area contributed by atoms with Crippen LogP contribution in [0.2, 0.25) is 0 Å². The average Bonchev–Trinajstić information content (AvgIpc) is 2.61. The normalized spacial score (nSPS) is 11.6. The molecule has 0 fully saturated rings. The zero-order chi connectivity index (χ0) is 19.9. The number of halogens is 2. The van der Waals surface area contributed by atoms with E-state index in [1.165, 1.54) is 30.3 Å². The molecule has 5 nitrogen and oxygen atoms in total. The first kappa shape index (κ1) is 21.0. The van der Waals surface area contributed by atoms with Crippen LogP contribution in [0.5, 0.6) is 0 Å². The summed E-state index contributed by atoms with van der Waals surface area (Å²) in [6.45, 7) is 0.181. The first-order valence-corrected chi connectivity index (χ1v) is 10.3. The molecule has 2 rings (SSSR count). The molecular weight excluding hydrogens is 374 g/mol. The summed E-state index contributed by atoms with van der Waals surface area (Å²) in [5.74, 6) is -1.12. The fourth-order valence-corrected chi connectivity index (χ4v) is 3.29. The molecule has 0 unspecified atom stereocenters. The van der Waals surface area contributed by atoms with Crippen LogP contribution >= 0.6 is 0 Å². The van der Waals surface area contributed by atoms with Crippen molar-refractivity contribution < 1.29 is 22.0 Å². The van der Waals surface area contributed by atoms with E-state index in [0.29, 0.717) is 13.0 Å². The molecule has 0 heterocycles. The molecule has 0 saturated heterocycles. The number of rotatable bonds is 9. The molecule has 0 spiro atoms. The largest absolute Gasteiger partial charge is 0.356 e. The summed E-state index contributed by atoms with van der Waals surface area (Å²) < 4.78 is 51.5. The maximum atomic E-state index is 13.8. The van der Waals surface area contributed by atoms with E-state index in [1.54, 1.807) is 18.2 Å². The fraction of sp³-hybridized carbons (Fsp3) is 0.316. The van der Waals surface area contributed by atoms with Gasteiger partial charge < -0.3 is 5.32 Å². The summed E-state index contributed by atoms with van der Waals surface area (Å²) in [5, 5.41) is 2.70. The van der Waals surface area contributed by atoms with Gasteiger partial charge in [-0.25, -0.2) is 17.2 Å². The van der Waals surface area contributed by atoms with Gasteiger partial charge in [-0.15, -0.1) is 0 Å². The van der Waals surface area contributed by atoms with Crippen LogP contribution in [-0.4, -0.2) is 38.0 Å². The van der Waals surface area contributed by atoms with Crippen molar-refractivity contribution in [2.75, 3.05) is 19.3 Å². The predicted molar refractivity (Wildman–Crippen MR) is 99.4 cm³/mol. The molecule has 0 saturated carbocycles. The van der Waals surface area contributed by atoms with Crippen LogP contribution in [0.4, 0.5) is 8.78 Å². The Kier molecular flexibility index (Phi) is 7.44. The molecule has 0 radical (unpaired) electrons. The Hall–Kier alpha value is -2.32.